The van der Waals surface area contributed by atoms with Crippen LogP contribution in [-0.2, 0) is 11.2 Å². The van der Waals surface area contributed by atoms with Crippen LogP contribution in [0.2, 0.25) is 0 Å². The molecule has 0 saturated heterocycles. The van der Waals surface area contributed by atoms with Crippen molar-refractivity contribution in [3.8, 4) is 5.69 Å². The first-order valence-corrected chi connectivity index (χ1v) is 11.7. The summed E-state index contributed by atoms with van der Waals surface area (Å²) in [4.78, 5) is 44.1. The number of fused-ring (bicyclic) bond motifs is 1. The fourth-order valence-electron chi connectivity index (χ4n) is 3.50. The molecule has 0 saturated carbocycles. The van der Waals surface area contributed by atoms with Gasteiger partial charge in [0.2, 0.25) is 5.91 Å². The van der Waals surface area contributed by atoms with Gasteiger partial charge >= 0.3 is 6.03 Å². The average Bonchev–Trinajstić information content (AvgIpc) is 3.00. The number of aryl methyl sites for hydroxylation is 3. The third kappa shape index (κ3) is 4.67. The van der Waals surface area contributed by atoms with Gasteiger partial charge in [0.15, 0.2) is 5.16 Å². The molecule has 0 bridgehead atoms. The second-order valence-electron chi connectivity index (χ2n) is 7.68. The Hall–Kier alpha value is -2.65. The number of nitrogens with one attached hydrogen (secondary N) is 1. The molecule has 9 heteroatoms. The Morgan fingerprint density at radius 1 is 1.29 bits per heavy atom. The summed E-state index contributed by atoms with van der Waals surface area (Å²) >= 11 is 2.65. The Morgan fingerprint density at radius 2 is 2.00 bits per heavy atom. The Kier molecular flexibility index (Phi) is 6.86. The van der Waals surface area contributed by atoms with Gasteiger partial charge in [0.05, 0.1) is 16.3 Å². The fourth-order valence-corrected chi connectivity index (χ4v) is 5.76. The van der Waals surface area contributed by atoms with Crippen LogP contribution in [0, 0.1) is 19.8 Å². The van der Waals surface area contributed by atoms with Gasteiger partial charge in [-0.25, -0.2) is 9.78 Å². The van der Waals surface area contributed by atoms with Crippen molar-refractivity contribution in [1.29, 1.82) is 0 Å². The van der Waals surface area contributed by atoms with E-state index in [2.05, 4.69) is 5.32 Å². The normalized spacial score (nSPS) is 12.3. The van der Waals surface area contributed by atoms with Gasteiger partial charge in [-0.1, -0.05) is 44.7 Å². The molecule has 3 rings (SSSR count). The van der Waals surface area contributed by atoms with Gasteiger partial charge in [-0.2, -0.15) is 0 Å². The van der Waals surface area contributed by atoms with E-state index in [1.54, 1.807) is 4.57 Å². The summed E-state index contributed by atoms with van der Waals surface area (Å²) in [5.41, 5.74) is 7.68. The third-order valence-corrected chi connectivity index (χ3v) is 7.49. The van der Waals surface area contributed by atoms with E-state index in [-0.39, 0.29) is 11.5 Å². The van der Waals surface area contributed by atoms with Crippen molar-refractivity contribution in [3.05, 3.63) is 50.6 Å². The number of imide groups is 1. The number of thiophene rings is 1. The van der Waals surface area contributed by atoms with Gasteiger partial charge < -0.3 is 5.73 Å². The van der Waals surface area contributed by atoms with E-state index in [1.165, 1.54) is 11.3 Å². The van der Waals surface area contributed by atoms with Crippen molar-refractivity contribution in [3.63, 3.8) is 0 Å². The number of rotatable bonds is 6. The number of nitrogens with two attached hydrogens (primary N) is 1. The average molecular weight is 459 g/mol. The van der Waals surface area contributed by atoms with Crippen LogP contribution in [0.1, 0.15) is 36.8 Å². The number of hydrogen-bond donors (Lipinski definition) is 2. The van der Waals surface area contributed by atoms with E-state index in [1.807, 2.05) is 58.9 Å². The molecule has 2 heterocycles. The molecule has 0 aliphatic carbocycles. The van der Waals surface area contributed by atoms with Gasteiger partial charge in [0.1, 0.15) is 4.83 Å². The lowest BCUT2D eigenvalue weighted by Crippen LogP contribution is -2.42. The molecule has 0 spiro atoms. The van der Waals surface area contributed by atoms with Crippen LogP contribution in [0.4, 0.5) is 4.79 Å². The molecule has 0 fully saturated rings. The van der Waals surface area contributed by atoms with E-state index in [0.717, 1.165) is 34.2 Å². The number of primary amides is 1. The van der Waals surface area contributed by atoms with Crippen molar-refractivity contribution >= 4 is 45.3 Å². The highest BCUT2D eigenvalue weighted by Crippen LogP contribution is 2.33. The molecule has 3 amide bonds. The largest absolute Gasteiger partial charge is 0.351 e. The summed E-state index contributed by atoms with van der Waals surface area (Å²) in [5, 5.41) is 2.53. The highest BCUT2D eigenvalue weighted by Gasteiger charge is 2.28. The summed E-state index contributed by atoms with van der Waals surface area (Å²) < 4.78 is 1.57. The van der Waals surface area contributed by atoms with E-state index in [9.17, 15) is 14.4 Å². The number of benzene rings is 1. The molecule has 0 aliphatic rings. The van der Waals surface area contributed by atoms with Gasteiger partial charge in [0.25, 0.3) is 5.56 Å². The number of hydrogen-bond acceptors (Lipinski definition) is 6. The molecule has 1 atom stereocenters. The van der Waals surface area contributed by atoms with Gasteiger partial charge in [-0.15, -0.1) is 11.3 Å². The molecule has 1 aromatic carbocycles. The molecule has 0 aliphatic heterocycles. The monoisotopic (exact) mass is 458 g/mol. The Morgan fingerprint density at radius 3 is 2.58 bits per heavy atom. The van der Waals surface area contributed by atoms with Crippen LogP contribution >= 0.6 is 23.1 Å². The summed E-state index contributed by atoms with van der Waals surface area (Å²) in [7, 11) is 0. The molecule has 7 nitrogen and oxygen atoms in total. The smallest absolute Gasteiger partial charge is 0.318 e. The van der Waals surface area contributed by atoms with Crippen LogP contribution in [0.3, 0.4) is 0 Å². The minimum absolute atomic E-state index is 0.126. The number of carbonyl (C=O) groups excluding carboxylic acids is 2. The molecule has 2 aromatic heterocycles. The molecule has 3 aromatic rings. The van der Waals surface area contributed by atoms with Crippen LogP contribution in [0.15, 0.2) is 34.2 Å². The van der Waals surface area contributed by atoms with Crippen LogP contribution in [0.25, 0.3) is 15.9 Å². The second-order valence-corrected chi connectivity index (χ2v) is 9.99. The first kappa shape index (κ1) is 23.0. The topological polar surface area (TPSA) is 107 Å². The summed E-state index contributed by atoms with van der Waals surface area (Å²) in [5.74, 6) is -0.631. The van der Waals surface area contributed by atoms with E-state index in [0.29, 0.717) is 21.1 Å². The van der Waals surface area contributed by atoms with Crippen LogP contribution < -0.4 is 16.6 Å². The first-order valence-electron chi connectivity index (χ1n) is 10.0. The predicted octanol–water partition coefficient (Wildman–Crippen LogP) is 3.94. The second kappa shape index (κ2) is 9.23. The van der Waals surface area contributed by atoms with Gasteiger partial charge in [0, 0.05) is 4.88 Å². The van der Waals surface area contributed by atoms with E-state index >= 15 is 0 Å². The number of thioether (sulfide) groups is 1. The minimum atomic E-state index is -0.905. The Bertz CT molecular complexity index is 1210. The summed E-state index contributed by atoms with van der Waals surface area (Å²) in [6, 6.07) is 6.70. The SMILES string of the molecule is CCc1c(C)sc2nc(S[C@H](C(=O)NC(N)=O)C(C)C)n(-c3cccc(C)c3)c(=O)c12. The lowest BCUT2D eigenvalue weighted by molar-refractivity contribution is -0.120. The minimum Gasteiger partial charge on any atom is -0.351 e. The summed E-state index contributed by atoms with van der Waals surface area (Å²) in [6.07, 6.45) is 0.735. The zero-order chi connectivity index (χ0) is 22.9. The zero-order valence-electron chi connectivity index (χ0n) is 18.2. The van der Waals surface area contributed by atoms with Crippen molar-refractivity contribution in [2.24, 2.45) is 11.7 Å². The molecular formula is C22H26N4O3S2. The molecule has 3 N–H and O–H groups in total. The Labute approximate surface area is 189 Å². The highest BCUT2D eigenvalue weighted by molar-refractivity contribution is 8.00. The highest BCUT2D eigenvalue weighted by atomic mass is 32.2. The quantitative estimate of drug-likeness (QED) is 0.430. The number of amides is 3. The molecule has 0 radical (unpaired) electrons. The number of aromatic nitrogens is 2. The van der Waals surface area contributed by atoms with Crippen molar-refractivity contribution in [2.45, 2.75) is 51.4 Å². The first-order chi connectivity index (χ1) is 14.6. The van der Waals surface area contributed by atoms with Crippen molar-refractivity contribution in [2.75, 3.05) is 0 Å². The van der Waals surface area contributed by atoms with E-state index in [4.69, 9.17) is 10.7 Å². The Balaban J connectivity index is 2.26. The zero-order valence-corrected chi connectivity index (χ0v) is 19.8. The maximum atomic E-state index is 13.7. The fraction of sp³-hybridized carbons (Fsp3) is 0.364. The number of urea groups is 1. The predicted molar refractivity (Wildman–Crippen MR) is 126 cm³/mol. The number of nitrogens with zero attached hydrogens (tertiary/aromatic N) is 2. The number of carbonyl (C=O) groups is 2. The van der Waals surface area contributed by atoms with Gasteiger partial charge in [-0.05, 0) is 49.4 Å². The van der Waals surface area contributed by atoms with Crippen molar-refractivity contribution < 1.29 is 9.59 Å². The molecule has 31 heavy (non-hydrogen) atoms. The van der Waals surface area contributed by atoms with Gasteiger partial charge in [-0.3, -0.25) is 19.5 Å². The van der Waals surface area contributed by atoms with Crippen molar-refractivity contribution in [1.82, 2.24) is 14.9 Å². The van der Waals surface area contributed by atoms with Crippen LogP contribution in [0.5, 0.6) is 0 Å². The van der Waals surface area contributed by atoms with Crippen LogP contribution in [-0.4, -0.2) is 26.7 Å². The molecule has 0 unspecified atom stereocenters. The summed E-state index contributed by atoms with van der Waals surface area (Å²) in [6.45, 7) is 9.71. The maximum Gasteiger partial charge on any atom is 0.318 e. The lowest BCUT2D eigenvalue weighted by atomic mass is 10.1. The molecular weight excluding hydrogens is 432 g/mol. The van der Waals surface area contributed by atoms with E-state index < -0.39 is 17.2 Å². The lowest BCUT2D eigenvalue weighted by Gasteiger charge is -2.20. The third-order valence-electron chi connectivity index (χ3n) is 4.95. The maximum absolute atomic E-state index is 13.7. The molecule has 164 valence electrons. The standard InChI is InChI=1S/C22H26N4O3S2/c1-6-15-13(5)30-19-16(15)20(28)26(14-9-7-8-12(4)10-14)22(25-19)31-17(11(2)3)18(27)24-21(23)29/h7-11,17H,6H2,1-5H3,(H3,23,24,27,29)/t17-/m0/s1.